The van der Waals surface area contributed by atoms with E-state index in [0.717, 1.165) is 49.5 Å². The molecule has 1 saturated heterocycles. The van der Waals surface area contributed by atoms with Crippen molar-refractivity contribution in [2.75, 3.05) is 26.3 Å². The Morgan fingerprint density at radius 1 is 1.10 bits per heavy atom. The zero-order chi connectivity index (χ0) is 27.2. The summed E-state index contributed by atoms with van der Waals surface area (Å²) in [5.41, 5.74) is 3.42. The Kier molecular flexibility index (Phi) is 8.15. The summed E-state index contributed by atoms with van der Waals surface area (Å²) in [5.74, 6) is 2.90. The van der Waals surface area contributed by atoms with Gasteiger partial charge in [-0.15, -0.1) is 0 Å². The van der Waals surface area contributed by atoms with Gasteiger partial charge in [-0.05, 0) is 35.4 Å². The number of aromatic hydroxyl groups is 1. The van der Waals surface area contributed by atoms with E-state index in [9.17, 15) is 18.7 Å². The number of rotatable bonds is 7. The number of alkyl halides is 2. The number of nitrogens with one attached hydrogen (secondary N) is 1. The minimum absolute atomic E-state index is 0.199. The van der Waals surface area contributed by atoms with Crippen molar-refractivity contribution in [2.24, 2.45) is 4.99 Å². The van der Waals surface area contributed by atoms with E-state index in [4.69, 9.17) is 4.74 Å². The molecule has 1 aliphatic carbocycles. The number of hydrogen-bond donors (Lipinski definition) is 2. The second-order valence-electron chi connectivity index (χ2n) is 10.0. The maximum atomic E-state index is 13.3. The van der Waals surface area contributed by atoms with E-state index in [0.29, 0.717) is 0 Å². The summed E-state index contributed by atoms with van der Waals surface area (Å²) in [6, 6.07) is 15.4. The standard InChI is InChI=1S/C30H30F2N4O3/c31-30(32)16-26(17-30)33-18-25(15-27-28(37)29(38)35-20-34-27)24-9-7-22(8-10-24)2-1-21-3-5-23(6-4-21)19-36-11-13-39-14-12-36/h3-10,18,20,25-26,37H,11-17,19H2,(H,34,35,38). The number of nitrogens with zero attached hydrogens (tertiary/aromatic N) is 3. The largest absolute Gasteiger partial charge is 0.502 e. The molecular weight excluding hydrogens is 502 g/mol. The molecular formula is C30H30F2N4O3. The van der Waals surface area contributed by atoms with Crippen LogP contribution in [-0.4, -0.2) is 64.5 Å². The van der Waals surface area contributed by atoms with Crippen LogP contribution >= 0.6 is 0 Å². The van der Waals surface area contributed by atoms with Gasteiger partial charge in [0, 0.05) is 62.2 Å². The Morgan fingerprint density at radius 3 is 2.38 bits per heavy atom. The lowest BCUT2D eigenvalue weighted by Crippen LogP contribution is -2.38. The fraction of sp³-hybridized carbons (Fsp3) is 0.367. The molecule has 1 saturated carbocycles. The molecule has 9 heteroatoms. The Hall–Kier alpha value is -3.87. The zero-order valence-electron chi connectivity index (χ0n) is 21.4. The third kappa shape index (κ3) is 7.16. The van der Waals surface area contributed by atoms with E-state index >= 15 is 0 Å². The van der Waals surface area contributed by atoms with Gasteiger partial charge < -0.3 is 14.8 Å². The highest BCUT2D eigenvalue weighted by atomic mass is 19.3. The van der Waals surface area contributed by atoms with Gasteiger partial charge in [0.15, 0.2) is 0 Å². The van der Waals surface area contributed by atoms with Gasteiger partial charge in [-0.25, -0.2) is 13.8 Å². The molecule has 0 radical (unpaired) electrons. The summed E-state index contributed by atoms with van der Waals surface area (Å²) in [6.45, 7) is 4.35. The fourth-order valence-corrected chi connectivity index (χ4v) is 4.67. The molecule has 1 atom stereocenters. The molecule has 3 aromatic rings. The van der Waals surface area contributed by atoms with Gasteiger partial charge in [0.25, 0.3) is 11.5 Å². The molecule has 1 aliphatic heterocycles. The fourth-order valence-electron chi connectivity index (χ4n) is 4.67. The van der Waals surface area contributed by atoms with Gasteiger partial charge in [-0.3, -0.25) is 14.7 Å². The Balaban J connectivity index is 1.27. The Labute approximate surface area is 225 Å². The Morgan fingerprint density at radius 2 is 1.74 bits per heavy atom. The number of aromatic nitrogens is 2. The van der Waals surface area contributed by atoms with Crippen LogP contribution in [0.2, 0.25) is 0 Å². The topological polar surface area (TPSA) is 90.8 Å². The van der Waals surface area contributed by atoms with Gasteiger partial charge in [0.2, 0.25) is 5.75 Å². The zero-order valence-corrected chi connectivity index (χ0v) is 21.4. The lowest BCUT2D eigenvalue weighted by Gasteiger charge is -2.32. The van der Waals surface area contributed by atoms with E-state index in [1.54, 1.807) is 6.21 Å². The molecule has 2 fully saturated rings. The second kappa shape index (κ2) is 11.9. The normalized spacial score (nSPS) is 18.3. The van der Waals surface area contributed by atoms with Crippen LogP contribution in [0.3, 0.4) is 0 Å². The average Bonchev–Trinajstić information content (AvgIpc) is 2.93. The molecule has 1 aromatic heterocycles. The van der Waals surface area contributed by atoms with E-state index in [-0.39, 0.29) is 30.9 Å². The van der Waals surface area contributed by atoms with Crippen LogP contribution in [0, 0.1) is 11.8 Å². The number of halogens is 2. The summed E-state index contributed by atoms with van der Waals surface area (Å²) in [4.78, 5) is 25.0. The van der Waals surface area contributed by atoms with Crippen molar-refractivity contribution >= 4 is 6.21 Å². The first kappa shape index (κ1) is 26.7. The van der Waals surface area contributed by atoms with Gasteiger partial charge >= 0.3 is 0 Å². The lowest BCUT2D eigenvalue weighted by atomic mass is 9.88. The maximum Gasteiger partial charge on any atom is 0.293 e. The van der Waals surface area contributed by atoms with Crippen molar-refractivity contribution in [1.29, 1.82) is 0 Å². The molecule has 0 amide bonds. The highest BCUT2D eigenvalue weighted by molar-refractivity contribution is 5.69. The van der Waals surface area contributed by atoms with Crippen molar-refractivity contribution in [3.63, 3.8) is 0 Å². The third-order valence-corrected chi connectivity index (χ3v) is 7.02. The van der Waals surface area contributed by atoms with E-state index in [1.807, 2.05) is 36.4 Å². The molecule has 7 nitrogen and oxygen atoms in total. The first-order valence-electron chi connectivity index (χ1n) is 13.0. The monoisotopic (exact) mass is 532 g/mol. The molecule has 2 heterocycles. The van der Waals surface area contributed by atoms with Crippen LogP contribution < -0.4 is 5.56 Å². The summed E-state index contributed by atoms with van der Waals surface area (Å²) in [7, 11) is 0. The first-order valence-corrected chi connectivity index (χ1v) is 13.0. The minimum Gasteiger partial charge on any atom is -0.502 e. The number of ether oxygens (including phenoxy) is 1. The smallest absolute Gasteiger partial charge is 0.293 e. The molecule has 2 aliphatic rings. The quantitative estimate of drug-likeness (QED) is 0.356. The van der Waals surface area contributed by atoms with Crippen LogP contribution in [0.25, 0.3) is 0 Å². The summed E-state index contributed by atoms with van der Waals surface area (Å²) in [6.07, 6.45) is 2.51. The predicted molar refractivity (Wildman–Crippen MR) is 144 cm³/mol. The van der Waals surface area contributed by atoms with Gasteiger partial charge in [-0.1, -0.05) is 36.1 Å². The number of morpholine rings is 1. The summed E-state index contributed by atoms with van der Waals surface area (Å²) >= 11 is 0. The van der Waals surface area contributed by atoms with Crippen LogP contribution in [-0.2, 0) is 17.7 Å². The van der Waals surface area contributed by atoms with E-state index in [1.165, 1.54) is 11.9 Å². The molecule has 0 spiro atoms. The van der Waals surface area contributed by atoms with Gasteiger partial charge in [-0.2, -0.15) is 0 Å². The van der Waals surface area contributed by atoms with Crippen molar-refractivity contribution in [3.8, 4) is 17.6 Å². The van der Waals surface area contributed by atoms with Crippen LogP contribution in [0.1, 0.15) is 46.7 Å². The molecule has 39 heavy (non-hydrogen) atoms. The van der Waals surface area contributed by atoms with Crippen molar-refractivity contribution < 1.29 is 18.6 Å². The number of H-pyrrole nitrogens is 1. The molecule has 2 aromatic carbocycles. The van der Waals surface area contributed by atoms with Crippen molar-refractivity contribution in [2.45, 2.75) is 43.7 Å². The van der Waals surface area contributed by atoms with E-state index in [2.05, 4.69) is 43.8 Å². The maximum absolute atomic E-state index is 13.3. The van der Waals surface area contributed by atoms with E-state index < -0.39 is 23.3 Å². The number of aromatic amines is 1. The van der Waals surface area contributed by atoms with Gasteiger partial charge in [0.1, 0.15) is 0 Å². The molecule has 0 bridgehead atoms. The van der Waals surface area contributed by atoms with Crippen molar-refractivity contribution in [1.82, 2.24) is 14.9 Å². The van der Waals surface area contributed by atoms with Crippen LogP contribution in [0.15, 0.2) is 64.6 Å². The third-order valence-electron chi connectivity index (χ3n) is 7.02. The average molecular weight is 533 g/mol. The molecule has 202 valence electrons. The van der Waals surface area contributed by atoms with Gasteiger partial charge in [0.05, 0.1) is 31.3 Å². The predicted octanol–water partition coefficient (Wildman–Crippen LogP) is 3.90. The van der Waals surface area contributed by atoms with Crippen LogP contribution in [0.5, 0.6) is 5.75 Å². The summed E-state index contributed by atoms with van der Waals surface area (Å²) < 4.78 is 31.9. The second-order valence-corrected chi connectivity index (χ2v) is 10.0. The number of hydrogen-bond acceptors (Lipinski definition) is 6. The SMILES string of the molecule is O=c1[nH]cnc(CC(C=NC2CC(F)(F)C2)c2ccc(C#Cc3ccc(CN4CCOCC4)cc3)cc2)c1O. The minimum atomic E-state index is -2.66. The lowest BCUT2D eigenvalue weighted by molar-refractivity contribution is -0.0833. The molecule has 2 N–H and O–H groups in total. The number of aliphatic imine (C=N–C) groups is 1. The molecule has 5 rings (SSSR count). The highest BCUT2D eigenvalue weighted by Crippen LogP contribution is 2.39. The Bertz CT molecular complexity index is 1410. The van der Waals surface area contributed by atoms with Crippen molar-refractivity contribution in [3.05, 3.63) is 93.2 Å². The summed E-state index contributed by atoms with van der Waals surface area (Å²) in [5, 5.41) is 10.1. The van der Waals surface area contributed by atoms with Crippen LogP contribution in [0.4, 0.5) is 8.78 Å². The highest BCUT2D eigenvalue weighted by Gasteiger charge is 2.45. The first-order chi connectivity index (χ1) is 18.8. The number of benzene rings is 2. The molecule has 1 unspecified atom stereocenters.